The molecular formula is C18H20N2O2. The third-order valence-electron chi connectivity index (χ3n) is 4.85. The number of rotatable bonds is 0. The molecule has 1 aromatic rings. The summed E-state index contributed by atoms with van der Waals surface area (Å²) in [7, 11) is 3.67. The third-order valence-corrected chi connectivity index (χ3v) is 4.85. The van der Waals surface area contributed by atoms with Gasteiger partial charge >= 0.3 is 0 Å². The van der Waals surface area contributed by atoms with Gasteiger partial charge in [0.15, 0.2) is 5.78 Å². The monoisotopic (exact) mass is 296 g/mol. The Balaban J connectivity index is 2.32. The third kappa shape index (κ3) is 1.76. The Hall–Kier alpha value is -2.36. The molecule has 0 unspecified atom stereocenters. The van der Waals surface area contributed by atoms with Gasteiger partial charge in [-0.15, -0.1) is 0 Å². The summed E-state index contributed by atoms with van der Waals surface area (Å²) in [6, 6.07) is 7.86. The van der Waals surface area contributed by atoms with Gasteiger partial charge in [-0.3, -0.25) is 9.59 Å². The van der Waals surface area contributed by atoms with Gasteiger partial charge in [-0.05, 0) is 32.9 Å². The number of hydrogen-bond donors (Lipinski definition) is 0. The molecule has 0 atom stereocenters. The fourth-order valence-corrected chi connectivity index (χ4v) is 2.99. The lowest BCUT2D eigenvalue weighted by Gasteiger charge is -2.28. The average molecular weight is 296 g/mol. The highest BCUT2D eigenvalue weighted by molar-refractivity contribution is 6.33. The van der Waals surface area contributed by atoms with Gasteiger partial charge in [-0.1, -0.05) is 18.2 Å². The molecule has 1 fully saturated rings. The van der Waals surface area contributed by atoms with E-state index in [9.17, 15) is 9.59 Å². The molecule has 0 bridgehead atoms. The van der Waals surface area contributed by atoms with Crippen LogP contribution in [0.3, 0.4) is 0 Å². The van der Waals surface area contributed by atoms with Gasteiger partial charge in [0.25, 0.3) is 5.91 Å². The second-order valence-electron chi connectivity index (χ2n) is 6.40. The number of Topliss-reactive ketones (excluding diaryl/α,β-unsaturated/α-hetero) is 1. The van der Waals surface area contributed by atoms with E-state index in [1.54, 1.807) is 20.9 Å². The van der Waals surface area contributed by atoms with Crippen molar-refractivity contribution in [1.82, 2.24) is 4.90 Å². The maximum Gasteiger partial charge on any atom is 0.258 e. The number of likely N-dealkylation sites (tertiary alicyclic amines) is 1. The maximum absolute atomic E-state index is 12.8. The molecule has 0 aliphatic carbocycles. The van der Waals surface area contributed by atoms with Crippen LogP contribution in [0.25, 0.3) is 5.57 Å². The minimum Gasteiger partial charge on any atom is -0.348 e. The molecule has 3 rings (SSSR count). The number of anilines is 1. The zero-order chi connectivity index (χ0) is 16.2. The van der Waals surface area contributed by atoms with Crippen molar-refractivity contribution in [2.24, 2.45) is 0 Å². The summed E-state index contributed by atoms with van der Waals surface area (Å²) in [5.74, 6) is -0.313. The number of likely N-dealkylation sites (N-methyl/N-ethyl adjacent to an activating group) is 1. The lowest BCUT2D eigenvalue weighted by atomic mass is 9.89. The Labute approximate surface area is 130 Å². The Morgan fingerprint density at radius 1 is 1.05 bits per heavy atom. The fraction of sp³-hybridized carbons (Fsp3) is 0.333. The number of hydrogen-bond acceptors (Lipinski definition) is 3. The molecule has 2 aliphatic heterocycles. The molecule has 4 nitrogen and oxygen atoms in total. The number of carbonyl (C=O) groups is 2. The number of para-hydroxylation sites is 1. The smallest absolute Gasteiger partial charge is 0.258 e. The number of ketones is 1. The van der Waals surface area contributed by atoms with E-state index in [0.29, 0.717) is 5.57 Å². The average Bonchev–Trinajstić information content (AvgIpc) is 2.64. The molecular weight excluding hydrogens is 276 g/mol. The lowest BCUT2D eigenvalue weighted by Crippen LogP contribution is -2.41. The first kappa shape index (κ1) is 14.6. The van der Waals surface area contributed by atoms with E-state index in [2.05, 4.69) is 4.90 Å². The Kier molecular flexibility index (Phi) is 3.02. The van der Waals surface area contributed by atoms with Crippen LogP contribution in [0.5, 0.6) is 0 Å². The Morgan fingerprint density at radius 3 is 2.27 bits per heavy atom. The van der Waals surface area contributed by atoms with E-state index in [1.165, 1.54) is 4.90 Å². The number of carbonyl (C=O) groups excluding carboxylic acids is 2. The van der Waals surface area contributed by atoms with E-state index in [1.807, 2.05) is 44.3 Å². The maximum atomic E-state index is 12.8. The molecule has 0 spiro atoms. The number of amides is 1. The summed E-state index contributed by atoms with van der Waals surface area (Å²) < 4.78 is 0. The topological polar surface area (TPSA) is 40.6 Å². The van der Waals surface area contributed by atoms with Crippen molar-refractivity contribution in [2.45, 2.75) is 26.3 Å². The van der Waals surface area contributed by atoms with Gasteiger partial charge in [0.1, 0.15) is 5.54 Å². The van der Waals surface area contributed by atoms with E-state index in [0.717, 1.165) is 22.5 Å². The highest BCUT2D eigenvalue weighted by Crippen LogP contribution is 2.40. The number of nitrogens with zero attached hydrogens (tertiary/aromatic N) is 2. The molecule has 1 aromatic carbocycles. The zero-order valence-electron chi connectivity index (χ0n) is 13.6. The Bertz CT molecular complexity index is 756. The number of fused-ring (bicyclic) bond motifs is 1. The second-order valence-corrected chi connectivity index (χ2v) is 6.40. The molecule has 22 heavy (non-hydrogen) atoms. The molecule has 2 aliphatic rings. The van der Waals surface area contributed by atoms with Crippen molar-refractivity contribution in [3.05, 3.63) is 47.2 Å². The number of allylic oxidation sites excluding steroid dienone is 3. The van der Waals surface area contributed by atoms with E-state index in [4.69, 9.17) is 0 Å². The SMILES string of the molecule is CC1=C/C(=C2/C(=O)N(C)C(C)(C)C2=O)c2ccccc2N1C. The van der Waals surface area contributed by atoms with Crippen LogP contribution < -0.4 is 4.90 Å². The molecule has 2 heterocycles. The van der Waals surface area contributed by atoms with Crippen molar-refractivity contribution in [3.8, 4) is 0 Å². The molecule has 114 valence electrons. The standard InChI is InChI=1S/C18H20N2O2/c1-11-10-13(12-8-6-7-9-14(12)19(11)4)15-16(21)18(2,3)20(5)17(15)22/h6-10H,1-5H3/b15-13-. The van der Waals surface area contributed by atoms with Gasteiger partial charge in [0.05, 0.1) is 5.57 Å². The van der Waals surface area contributed by atoms with Crippen molar-refractivity contribution >= 4 is 23.0 Å². The summed E-state index contributed by atoms with van der Waals surface area (Å²) in [6.45, 7) is 5.56. The molecule has 0 saturated carbocycles. The quantitative estimate of drug-likeness (QED) is 0.546. The molecule has 0 N–H and O–H groups in total. The minimum atomic E-state index is -0.792. The van der Waals surface area contributed by atoms with Crippen LogP contribution in [0, 0.1) is 0 Å². The first-order valence-corrected chi connectivity index (χ1v) is 7.35. The van der Waals surface area contributed by atoms with Crippen LogP contribution >= 0.6 is 0 Å². The van der Waals surface area contributed by atoms with Gasteiger partial charge in [0.2, 0.25) is 0 Å². The van der Waals surface area contributed by atoms with E-state index in [-0.39, 0.29) is 11.7 Å². The highest BCUT2D eigenvalue weighted by Gasteiger charge is 2.48. The summed E-state index contributed by atoms with van der Waals surface area (Å²) >= 11 is 0. The lowest BCUT2D eigenvalue weighted by molar-refractivity contribution is -0.128. The Morgan fingerprint density at radius 2 is 1.68 bits per heavy atom. The van der Waals surface area contributed by atoms with E-state index >= 15 is 0 Å². The largest absolute Gasteiger partial charge is 0.348 e. The van der Waals surface area contributed by atoms with Crippen LogP contribution in [0.15, 0.2) is 41.6 Å². The van der Waals surface area contributed by atoms with E-state index < -0.39 is 5.54 Å². The zero-order valence-corrected chi connectivity index (χ0v) is 13.6. The molecule has 1 amide bonds. The molecule has 4 heteroatoms. The second kappa shape index (κ2) is 4.57. The summed E-state index contributed by atoms with van der Waals surface area (Å²) in [4.78, 5) is 29.0. The van der Waals surface area contributed by atoms with Gasteiger partial charge in [-0.25, -0.2) is 0 Å². The van der Waals surface area contributed by atoms with Gasteiger partial charge in [-0.2, -0.15) is 0 Å². The minimum absolute atomic E-state index is 0.113. The van der Waals surface area contributed by atoms with Crippen molar-refractivity contribution < 1.29 is 9.59 Å². The highest BCUT2D eigenvalue weighted by atomic mass is 16.2. The summed E-state index contributed by atoms with van der Waals surface area (Å²) in [6.07, 6.45) is 1.93. The number of benzene rings is 1. The van der Waals surface area contributed by atoms with Crippen LogP contribution in [-0.4, -0.2) is 36.2 Å². The molecule has 1 saturated heterocycles. The normalized spacial score (nSPS) is 23.8. The van der Waals surface area contributed by atoms with Crippen LogP contribution in [-0.2, 0) is 9.59 Å². The van der Waals surface area contributed by atoms with Crippen molar-refractivity contribution in [1.29, 1.82) is 0 Å². The first-order chi connectivity index (χ1) is 10.3. The van der Waals surface area contributed by atoms with Crippen LogP contribution in [0.1, 0.15) is 26.3 Å². The van der Waals surface area contributed by atoms with Crippen molar-refractivity contribution in [3.63, 3.8) is 0 Å². The predicted octanol–water partition coefficient (Wildman–Crippen LogP) is 2.61. The first-order valence-electron chi connectivity index (χ1n) is 7.35. The summed E-state index contributed by atoms with van der Waals surface area (Å²) in [5, 5.41) is 0. The summed E-state index contributed by atoms with van der Waals surface area (Å²) in [5.41, 5.74) is 3.19. The molecule has 0 aromatic heterocycles. The fourth-order valence-electron chi connectivity index (χ4n) is 2.99. The van der Waals surface area contributed by atoms with Gasteiger partial charge < -0.3 is 9.80 Å². The predicted molar refractivity (Wildman–Crippen MR) is 87.4 cm³/mol. The van der Waals surface area contributed by atoms with Crippen LogP contribution in [0.2, 0.25) is 0 Å². The molecule has 0 radical (unpaired) electrons. The van der Waals surface area contributed by atoms with Crippen molar-refractivity contribution in [2.75, 3.05) is 19.0 Å². The van der Waals surface area contributed by atoms with Gasteiger partial charge in [0, 0.05) is 36.6 Å². The van der Waals surface area contributed by atoms with Crippen LogP contribution in [0.4, 0.5) is 5.69 Å².